The van der Waals surface area contributed by atoms with Crippen LogP contribution in [0.3, 0.4) is 0 Å². The summed E-state index contributed by atoms with van der Waals surface area (Å²) in [6.45, 7) is 15.4. The van der Waals surface area contributed by atoms with Crippen molar-refractivity contribution in [1.82, 2.24) is 27.2 Å². The SMILES string of the molecule is C=CCCC(=O)C1=Cc2cc(OC)ccc2-c2c(C3CCCCC3)c3ccc(C(=O)NS(=O)(=O)N(C)CC=C)cc3n2C1.C=CCN.C=CCN(C)S(=O)(=O)NC(=O)c1ccc2c(C3CCCCC3)c3n(c2c1)CC(C(=O)O)=Cc1cc(OC)ccc1-3.[2H]CF. The van der Waals surface area contributed by atoms with Crippen molar-refractivity contribution in [3.05, 3.63) is 168 Å². The maximum absolute atomic E-state index is 13.5. The fraction of sp³-hybridized carbons (Fsp3) is 0.353. The van der Waals surface area contributed by atoms with E-state index in [-0.39, 0.29) is 48.0 Å². The van der Waals surface area contributed by atoms with Crippen LogP contribution in [0.25, 0.3) is 56.5 Å². The number of hydrogen-bond acceptors (Lipinski definition) is 11. The van der Waals surface area contributed by atoms with E-state index in [0.717, 1.165) is 115 Å². The molecule has 2 saturated carbocycles. The third-order valence-electron chi connectivity index (χ3n) is 16.5. The number of amides is 2. The van der Waals surface area contributed by atoms with E-state index < -0.39 is 45.4 Å². The van der Waals surface area contributed by atoms with Crippen molar-refractivity contribution < 1.29 is 56.4 Å². The first kappa shape index (κ1) is 66.7. The molecule has 10 rings (SSSR count). The first-order chi connectivity index (χ1) is 43.1. The van der Waals surface area contributed by atoms with Gasteiger partial charge in [0.15, 0.2) is 5.78 Å². The molecule has 0 radical (unpaired) electrons. The second-order valence-electron chi connectivity index (χ2n) is 22.2. The van der Waals surface area contributed by atoms with Crippen LogP contribution in [0.1, 0.15) is 133 Å². The van der Waals surface area contributed by atoms with Crippen LogP contribution in [-0.2, 0) is 43.1 Å². The number of aromatic nitrogens is 2. The Morgan fingerprint density at radius 1 is 0.652 bits per heavy atom. The van der Waals surface area contributed by atoms with Gasteiger partial charge in [-0.3, -0.25) is 18.8 Å². The molecule has 4 heterocycles. The van der Waals surface area contributed by atoms with Crippen molar-refractivity contribution in [2.75, 3.05) is 55.1 Å². The third kappa shape index (κ3) is 15.4. The standard InChI is InChI=1S/C34H39N3O5S.C30H33N3O6S.C3H7N.CH3F/c1-5-7-13-31(38)26-19-25-20-27(42-4)15-17-28(25)33-32(23-11-9-8-10-12-23)29-16-14-24(21-30(29)37(33)22-26)34(39)35-43(40,41)36(3)18-6-2;1-4-14-32(2)40(37,38)31-29(34)20-10-12-25-26(17-20)33-18-22(30(35)36)15-21-16-23(39-3)11-13-24(21)28(33)27(25)19-8-6-5-7-9-19;1-2-3-4;1-2/h5-6,14-17,19-21,23H,1-2,7-13,18,22H2,3-4H3,(H,35,39);4,10-13,15-17,19H,1,5-9,14,18H2,2-3H3,(H,31,34)(H,35,36);2H,1,3-4H2;1H3/i;;;1D. The van der Waals surface area contributed by atoms with Gasteiger partial charge in [0.05, 0.1) is 52.8 Å². The molecule has 0 unspecified atom stereocenters. The Bertz CT molecular complexity index is 3990. The minimum Gasteiger partial charge on any atom is -0.497 e. The smallest absolute Gasteiger partial charge is 0.333 e. The lowest BCUT2D eigenvalue weighted by Crippen LogP contribution is -2.41. The lowest BCUT2D eigenvalue weighted by molar-refractivity contribution is -0.132. The van der Waals surface area contributed by atoms with E-state index in [4.69, 9.17) is 16.6 Å². The highest BCUT2D eigenvalue weighted by Gasteiger charge is 2.34. The molecule has 2 amide bonds. The number of carbonyl (C=O) groups is 4. The third-order valence-corrected chi connectivity index (χ3v) is 19.3. The van der Waals surface area contributed by atoms with Crippen molar-refractivity contribution >= 4 is 77.9 Å². The highest BCUT2D eigenvalue weighted by molar-refractivity contribution is 7.88. The Kier molecular flexibility index (Phi) is 23.1. The van der Waals surface area contributed by atoms with E-state index in [2.05, 4.69) is 46.4 Å². The van der Waals surface area contributed by atoms with Crippen LogP contribution in [0.5, 0.6) is 11.5 Å². The van der Waals surface area contributed by atoms with Gasteiger partial charge >= 0.3 is 26.4 Å². The molecule has 6 aromatic rings. The number of carboxylic acid groups (broad SMARTS) is 1. The molecule has 0 saturated heterocycles. The lowest BCUT2D eigenvalue weighted by Gasteiger charge is -2.24. The zero-order chi connectivity index (χ0) is 65.5. The van der Waals surface area contributed by atoms with Crippen LogP contribution >= 0.6 is 0 Å². The fourth-order valence-electron chi connectivity index (χ4n) is 12.1. The second-order valence-corrected chi connectivity index (χ2v) is 25.7. The van der Waals surface area contributed by atoms with Gasteiger partial charge in [0.1, 0.15) is 11.5 Å². The van der Waals surface area contributed by atoms with Gasteiger partial charge in [-0.05, 0) is 139 Å². The number of nitrogens with two attached hydrogens (primary N) is 1. The van der Waals surface area contributed by atoms with Crippen molar-refractivity contribution in [3.8, 4) is 34.0 Å². The number of aliphatic carboxylic acids is 1. The average molecular weight is 1260 g/mol. The molecule has 0 bridgehead atoms. The number of hydrogen-bond donors (Lipinski definition) is 4. The largest absolute Gasteiger partial charge is 0.497 e. The number of carboxylic acids is 1. The zero-order valence-electron chi connectivity index (χ0n) is 52.2. The Balaban J connectivity index is 0.000000233. The van der Waals surface area contributed by atoms with Crippen molar-refractivity contribution in [1.29, 1.82) is 0 Å². The zero-order valence-corrected chi connectivity index (χ0v) is 52.8. The number of nitrogens with zero attached hydrogens (tertiary/aromatic N) is 4. The van der Waals surface area contributed by atoms with E-state index in [1.54, 1.807) is 56.7 Å². The number of likely N-dealkylation sites (N-methyl/N-ethyl adjacent to an activating group) is 2. The summed E-state index contributed by atoms with van der Waals surface area (Å²) in [6.07, 6.45) is 21.9. The summed E-state index contributed by atoms with van der Waals surface area (Å²) in [7, 11) is -3.17. The minimum atomic E-state index is -4.07. The number of benzene rings is 4. The predicted octanol–water partition coefficient (Wildman–Crippen LogP) is 12.0. The molecule has 0 atom stereocenters. The van der Waals surface area contributed by atoms with Crippen LogP contribution in [0.2, 0.25) is 0 Å². The summed E-state index contributed by atoms with van der Waals surface area (Å²) in [5.41, 5.74) is 15.5. The lowest BCUT2D eigenvalue weighted by atomic mass is 9.81. The molecule has 0 spiro atoms. The number of allylic oxidation sites excluding steroid dienone is 2. The molecule has 4 aliphatic rings. The molecule has 2 aliphatic heterocycles. The van der Waals surface area contributed by atoms with Gasteiger partial charge in [-0.15, -0.1) is 26.3 Å². The Morgan fingerprint density at radius 2 is 1.06 bits per heavy atom. The van der Waals surface area contributed by atoms with Gasteiger partial charge in [0.2, 0.25) is 0 Å². The number of fused-ring (bicyclic) bond motifs is 10. The molecule has 21 heteroatoms. The molecular formula is C68H82FN7O11S2. The maximum Gasteiger partial charge on any atom is 0.333 e. The number of Topliss-reactive ketones (excluding diaryl/α,β-unsaturated/α-hetero) is 1. The normalized spacial score (nSPS) is 14.9. The number of methoxy groups -OCH3 is 2. The summed E-state index contributed by atoms with van der Waals surface area (Å²) >= 11 is 0. The fourth-order valence-corrected chi connectivity index (χ4v) is 13.7. The summed E-state index contributed by atoms with van der Waals surface area (Å²) < 4.78 is 87.6. The topological polar surface area (TPSA) is 242 Å². The van der Waals surface area contributed by atoms with Gasteiger partial charge in [-0.1, -0.05) is 75.0 Å². The van der Waals surface area contributed by atoms with Crippen LogP contribution in [-0.4, -0.2) is 118 Å². The number of ether oxygens (including phenoxy) is 2. The van der Waals surface area contributed by atoms with E-state index in [1.165, 1.54) is 44.7 Å². The number of halogens is 1. The molecule has 5 N–H and O–H groups in total. The van der Waals surface area contributed by atoms with Gasteiger partial charge < -0.3 is 29.4 Å². The molecule has 474 valence electrons. The van der Waals surface area contributed by atoms with Crippen molar-refractivity contribution in [3.63, 3.8) is 0 Å². The number of rotatable bonds is 20. The average Bonchev–Trinajstić information content (AvgIpc) is 1.59. The summed E-state index contributed by atoms with van der Waals surface area (Å²) in [5.74, 6) is -0.539. The molecular weight excluding hydrogens is 1170 g/mol. The number of carbonyl (C=O) groups excluding carboxylic acids is 3. The summed E-state index contributed by atoms with van der Waals surface area (Å²) in [5, 5.41) is 12.0. The molecule has 18 nitrogen and oxygen atoms in total. The molecule has 2 fully saturated rings. The van der Waals surface area contributed by atoms with Crippen LogP contribution < -0.4 is 24.7 Å². The van der Waals surface area contributed by atoms with Crippen molar-refractivity contribution in [2.24, 2.45) is 5.73 Å². The van der Waals surface area contributed by atoms with E-state index in [1.807, 2.05) is 53.1 Å². The molecule has 2 aliphatic carbocycles. The van der Waals surface area contributed by atoms with Gasteiger partial charge in [0, 0.05) is 89.8 Å². The maximum atomic E-state index is 13.5. The Labute approximate surface area is 523 Å². The van der Waals surface area contributed by atoms with E-state index >= 15 is 0 Å². The van der Waals surface area contributed by atoms with Gasteiger partial charge in [-0.2, -0.15) is 25.4 Å². The Hall–Kier alpha value is -8.21. The highest BCUT2D eigenvalue weighted by atomic mass is 32.2. The van der Waals surface area contributed by atoms with Crippen molar-refractivity contribution in [2.45, 2.75) is 102 Å². The van der Waals surface area contributed by atoms with E-state index in [0.29, 0.717) is 54.4 Å². The Morgan fingerprint density at radius 3 is 1.43 bits per heavy atom. The van der Waals surface area contributed by atoms with Gasteiger partial charge in [-0.25, -0.2) is 14.2 Å². The second kappa shape index (κ2) is 30.8. The van der Waals surface area contributed by atoms with Gasteiger partial charge in [0.25, 0.3) is 11.8 Å². The highest BCUT2D eigenvalue weighted by Crippen LogP contribution is 2.49. The number of nitrogens with one attached hydrogen (secondary N) is 2. The summed E-state index contributed by atoms with van der Waals surface area (Å²) in [6, 6.07) is 22.2. The van der Waals surface area contributed by atoms with Crippen LogP contribution in [0.4, 0.5) is 4.39 Å². The van der Waals surface area contributed by atoms with Crippen LogP contribution in [0, 0.1) is 0 Å². The quantitative estimate of drug-likeness (QED) is 0.0522. The van der Waals surface area contributed by atoms with E-state index in [9.17, 15) is 45.5 Å². The summed E-state index contributed by atoms with van der Waals surface area (Å²) in [4.78, 5) is 52.2. The number of ketones is 1. The first-order valence-electron chi connectivity index (χ1n) is 30.3. The monoisotopic (exact) mass is 1260 g/mol. The predicted molar refractivity (Wildman–Crippen MR) is 352 cm³/mol. The first-order valence-corrected chi connectivity index (χ1v) is 32.5. The molecule has 89 heavy (non-hydrogen) atoms. The van der Waals surface area contributed by atoms with Crippen LogP contribution in [0.15, 0.2) is 135 Å². The molecule has 4 aromatic carbocycles. The minimum absolute atomic E-state index is 0.0350. The molecule has 2 aromatic heterocycles. The number of alkyl halides is 1.